The van der Waals surface area contributed by atoms with E-state index in [-0.39, 0.29) is 17.0 Å². The van der Waals surface area contributed by atoms with Gasteiger partial charge >= 0.3 is 0 Å². The summed E-state index contributed by atoms with van der Waals surface area (Å²) in [6.07, 6.45) is 5.16. The smallest absolute Gasteiger partial charge is 0.260 e. The number of aromatic amines is 1. The van der Waals surface area contributed by atoms with Crippen molar-refractivity contribution in [3.8, 4) is 0 Å². The van der Waals surface area contributed by atoms with Gasteiger partial charge in [0.1, 0.15) is 5.56 Å². The number of carbonyl (C=O) groups excluding carboxylic acids is 1. The van der Waals surface area contributed by atoms with Crippen LogP contribution in [0, 0.1) is 0 Å². The molecule has 1 fully saturated rings. The monoisotopic (exact) mass is 298 g/mol. The Bertz CT molecular complexity index is 691. The molecule has 0 saturated carbocycles. The first kappa shape index (κ1) is 14.5. The van der Waals surface area contributed by atoms with E-state index in [9.17, 15) is 9.59 Å². The van der Waals surface area contributed by atoms with Crippen molar-refractivity contribution in [2.24, 2.45) is 0 Å². The van der Waals surface area contributed by atoms with E-state index in [4.69, 9.17) is 0 Å². The summed E-state index contributed by atoms with van der Waals surface area (Å²) < 4.78 is 0. The summed E-state index contributed by atoms with van der Waals surface area (Å²) in [7, 11) is 0. The highest BCUT2D eigenvalue weighted by Gasteiger charge is 2.23. The SMILES string of the molecule is O=C(c1ccc[nH]c1=O)N1CCN(Cc2cccnc2)CC1. The lowest BCUT2D eigenvalue weighted by atomic mass is 10.2. The summed E-state index contributed by atoms with van der Waals surface area (Å²) in [5.41, 5.74) is 1.05. The summed E-state index contributed by atoms with van der Waals surface area (Å²) in [6, 6.07) is 7.22. The zero-order valence-electron chi connectivity index (χ0n) is 12.2. The lowest BCUT2D eigenvalue weighted by Crippen LogP contribution is -2.49. The molecule has 6 nitrogen and oxygen atoms in total. The molecule has 1 N–H and O–H groups in total. The molecule has 3 rings (SSSR count). The van der Waals surface area contributed by atoms with Crippen molar-refractivity contribution in [3.63, 3.8) is 0 Å². The fourth-order valence-corrected chi connectivity index (χ4v) is 2.62. The van der Waals surface area contributed by atoms with Crippen molar-refractivity contribution in [3.05, 3.63) is 64.3 Å². The number of carbonyl (C=O) groups is 1. The van der Waals surface area contributed by atoms with Gasteiger partial charge in [0.15, 0.2) is 0 Å². The van der Waals surface area contributed by atoms with Gasteiger partial charge in [-0.15, -0.1) is 0 Å². The van der Waals surface area contributed by atoms with Gasteiger partial charge < -0.3 is 9.88 Å². The third-order valence-electron chi connectivity index (χ3n) is 3.84. The minimum absolute atomic E-state index is 0.192. The summed E-state index contributed by atoms with van der Waals surface area (Å²) in [5, 5.41) is 0. The fraction of sp³-hybridized carbons (Fsp3) is 0.312. The van der Waals surface area contributed by atoms with Gasteiger partial charge in [0.05, 0.1) is 0 Å². The van der Waals surface area contributed by atoms with Gasteiger partial charge in [-0.2, -0.15) is 0 Å². The molecule has 1 aliphatic rings. The maximum atomic E-state index is 12.4. The zero-order chi connectivity index (χ0) is 15.4. The van der Waals surface area contributed by atoms with Crippen LogP contribution in [0.1, 0.15) is 15.9 Å². The van der Waals surface area contributed by atoms with E-state index in [1.54, 1.807) is 23.2 Å². The van der Waals surface area contributed by atoms with Gasteiger partial charge in [-0.1, -0.05) is 6.07 Å². The molecule has 0 unspecified atom stereocenters. The summed E-state index contributed by atoms with van der Waals surface area (Å²) in [5.74, 6) is -0.192. The number of aromatic nitrogens is 2. The van der Waals surface area contributed by atoms with E-state index in [0.29, 0.717) is 13.1 Å². The number of H-pyrrole nitrogens is 1. The van der Waals surface area contributed by atoms with Gasteiger partial charge in [-0.05, 0) is 23.8 Å². The average molecular weight is 298 g/mol. The third kappa shape index (κ3) is 3.23. The Morgan fingerprint density at radius 2 is 2.00 bits per heavy atom. The summed E-state index contributed by atoms with van der Waals surface area (Å²) >= 11 is 0. The van der Waals surface area contributed by atoms with Crippen LogP contribution in [0.3, 0.4) is 0 Å². The van der Waals surface area contributed by atoms with Crippen molar-refractivity contribution in [2.75, 3.05) is 26.2 Å². The molecule has 3 heterocycles. The van der Waals surface area contributed by atoms with Crippen LogP contribution < -0.4 is 5.56 Å². The summed E-state index contributed by atoms with van der Waals surface area (Å²) in [6.45, 7) is 3.69. The molecule has 22 heavy (non-hydrogen) atoms. The molecule has 0 aliphatic carbocycles. The van der Waals surface area contributed by atoms with Gasteiger partial charge in [0, 0.05) is 51.3 Å². The van der Waals surface area contributed by atoms with E-state index < -0.39 is 0 Å². The molecular weight excluding hydrogens is 280 g/mol. The molecule has 0 aromatic carbocycles. The van der Waals surface area contributed by atoms with E-state index in [1.807, 2.05) is 18.3 Å². The second kappa shape index (κ2) is 6.53. The van der Waals surface area contributed by atoms with E-state index in [2.05, 4.69) is 14.9 Å². The van der Waals surface area contributed by atoms with Crippen molar-refractivity contribution >= 4 is 5.91 Å². The standard InChI is InChI=1S/C16H18N4O2/c21-15-14(4-2-6-18-15)16(22)20-9-7-19(8-10-20)12-13-3-1-5-17-11-13/h1-6,11H,7-10,12H2,(H,18,21). The number of amides is 1. The van der Waals surface area contributed by atoms with Crippen LogP contribution >= 0.6 is 0 Å². The first-order valence-corrected chi connectivity index (χ1v) is 7.32. The molecule has 0 spiro atoms. The highest BCUT2D eigenvalue weighted by atomic mass is 16.2. The minimum Gasteiger partial charge on any atom is -0.336 e. The Balaban J connectivity index is 1.59. The average Bonchev–Trinajstić information content (AvgIpc) is 2.56. The van der Waals surface area contributed by atoms with Crippen molar-refractivity contribution in [2.45, 2.75) is 6.54 Å². The molecule has 1 saturated heterocycles. The molecule has 0 atom stereocenters. The lowest BCUT2D eigenvalue weighted by Gasteiger charge is -2.34. The highest BCUT2D eigenvalue weighted by molar-refractivity contribution is 5.93. The zero-order valence-corrected chi connectivity index (χ0v) is 12.2. The number of nitrogens with zero attached hydrogens (tertiary/aromatic N) is 3. The number of rotatable bonds is 3. The maximum absolute atomic E-state index is 12.4. The Labute approximate surface area is 128 Å². The minimum atomic E-state index is -0.328. The molecule has 1 aliphatic heterocycles. The first-order chi connectivity index (χ1) is 10.7. The number of nitrogens with one attached hydrogen (secondary N) is 1. The van der Waals surface area contributed by atoms with Crippen LogP contribution in [0.15, 0.2) is 47.7 Å². The molecular formula is C16H18N4O2. The van der Waals surface area contributed by atoms with Gasteiger partial charge in [0.2, 0.25) is 0 Å². The number of hydrogen-bond donors (Lipinski definition) is 1. The van der Waals surface area contributed by atoms with Crippen molar-refractivity contribution in [1.82, 2.24) is 19.8 Å². The van der Waals surface area contributed by atoms with Crippen LogP contribution in [0.5, 0.6) is 0 Å². The predicted octanol–water partition coefficient (Wildman–Crippen LogP) is 0.728. The second-order valence-corrected chi connectivity index (χ2v) is 5.34. The Hall–Kier alpha value is -2.47. The molecule has 0 bridgehead atoms. The van der Waals surface area contributed by atoms with E-state index in [0.717, 1.165) is 19.6 Å². The molecule has 114 valence electrons. The van der Waals surface area contributed by atoms with Crippen LogP contribution in [-0.2, 0) is 6.54 Å². The topological polar surface area (TPSA) is 69.3 Å². The lowest BCUT2D eigenvalue weighted by molar-refractivity contribution is 0.0626. The Morgan fingerprint density at radius 3 is 2.68 bits per heavy atom. The highest BCUT2D eigenvalue weighted by Crippen LogP contribution is 2.09. The van der Waals surface area contributed by atoms with Gasteiger partial charge in [-0.3, -0.25) is 19.5 Å². The fourth-order valence-electron chi connectivity index (χ4n) is 2.62. The van der Waals surface area contributed by atoms with Crippen molar-refractivity contribution in [1.29, 1.82) is 0 Å². The quantitative estimate of drug-likeness (QED) is 0.907. The molecule has 1 amide bonds. The first-order valence-electron chi connectivity index (χ1n) is 7.32. The molecule has 6 heteroatoms. The third-order valence-corrected chi connectivity index (χ3v) is 3.84. The van der Waals surface area contributed by atoms with Crippen LogP contribution in [0.25, 0.3) is 0 Å². The normalized spacial score (nSPS) is 15.7. The Morgan fingerprint density at radius 1 is 1.18 bits per heavy atom. The van der Waals surface area contributed by atoms with E-state index in [1.165, 1.54) is 11.8 Å². The largest absolute Gasteiger partial charge is 0.336 e. The Kier molecular flexibility index (Phi) is 4.29. The molecule has 2 aromatic heterocycles. The number of pyridine rings is 2. The van der Waals surface area contributed by atoms with Crippen LogP contribution in [0.4, 0.5) is 0 Å². The van der Waals surface area contributed by atoms with Crippen LogP contribution in [0.2, 0.25) is 0 Å². The molecule has 2 aromatic rings. The maximum Gasteiger partial charge on any atom is 0.260 e. The number of piperazine rings is 1. The number of hydrogen-bond acceptors (Lipinski definition) is 4. The van der Waals surface area contributed by atoms with Gasteiger partial charge in [-0.25, -0.2) is 0 Å². The second-order valence-electron chi connectivity index (χ2n) is 5.34. The van der Waals surface area contributed by atoms with Crippen LogP contribution in [-0.4, -0.2) is 51.9 Å². The molecule has 0 radical (unpaired) electrons. The van der Waals surface area contributed by atoms with Gasteiger partial charge in [0.25, 0.3) is 11.5 Å². The summed E-state index contributed by atoms with van der Waals surface area (Å²) in [4.78, 5) is 34.7. The predicted molar refractivity (Wildman–Crippen MR) is 82.5 cm³/mol. The van der Waals surface area contributed by atoms with E-state index >= 15 is 0 Å². The van der Waals surface area contributed by atoms with Crippen molar-refractivity contribution < 1.29 is 4.79 Å².